The average molecular weight is 244 g/mol. The van der Waals surface area contributed by atoms with Crippen LogP contribution in [0.25, 0.3) is 5.57 Å². The van der Waals surface area contributed by atoms with E-state index in [1.165, 1.54) is 23.0 Å². The second kappa shape index (κ2) is 4.48. The summed E-state index contributed by atoms with van der Waals surface area (Å²) in [5.74, 6) is 0. The maximum Gasteiger partial charge on any atom is 0.0734 e. The summed E-state index contributed by atoms with van der Waals surface area (Å²) >= 11 is 0. The van der Waals surface area contributed by atoms with Crippen LogP contribution < -0.4 is 4.90 Å². The normalized spacial score (nSPS) is 17.8. The lowest BCUT2D eigenvalue weighted by molar-refractivity contribution is 0.322. The van der Waals surface area contributed by atoms with Crippen LogP contribution in [-0.4, -0.2) is 23.5 Å². The predicted molar refractivity (Wildman–Crippen MR) is 76.6 cm³/mol. The molecule has 0 saturated carbocycles. The van der Waals surface area contributed by atoms with Crippen molar-refractivity contribution >= 4 is 17.5 Å². The van der Waals surface area contributed by atoms with Crippen LogP contribution in [0.2, 0.25) is 0 Å². The Bertz CT molecular complexity index is 515. The first-order valence-electron chi connectivity index (χ1n) is 6.28. The molecule has 0 saturated heterocycles. The minimum absolute atomic E-state index is 0.0401. The van der Waals surface area contributed by atoms with Crippen molar-refractivity contribution in [2.45, 2.75) is 33.2 Å². The van der Waals surface area contributed by atoms with Crippen molar-refractivity contribution in [1.29, 1.82) is 0 Å². The number of hydrogen-bond donors (Lipinski definition) is 1. The summed E-state index contributed by atoms with van der Waals surface area (Å²) in [7, 11) is 0. The number of benzene rings is 1. The Morgan fingerprint density at radius 3 is 2.72 bits per heavy atom. The Labute approximate surface area is 108 Å². The predicted octanol–water partition coefficient (Wildman–Crippen LogP) is 3.52. The van der Waals surface area contributed by atoms with Gasteiger partial charge in [-0.25, -0.2) is 0 Å². The summed E-state index contributed by atoms with van der Waals surface area (Å²) in [6.45, 7) is 9.73. The molecule has 1 aromatic rings. The van der Waals surface area contributed by atoms with Gasteiger partial charge in [0.25, 0.3) is 0 Å². The van der Waals surface area contributed by atoms with Crippen LogP contribution in [0.4, 0.5) is 5.69 Å². The first-order chi connectivity index (χ1) is 8.49. The Kier molecular flexibility index (Phi) is 3.16. The minimum Gasteiger partial charge on any atom is -0.411 e. The van der Waals surface area contributed by atoms with Crippen molar-refractivity contribution < 1.29 is 5.21 Å². The van der Waals surface area contributed by atoms with Crippen LogP contribution in [0, 0.1) is 0 Å². The average Bonchev–Trinajstić information content (AvgIpc) is 2.29. The van der Waals surface area contributed by atoms with Gasteiger partial charge in [0.05, 0.1) is 11.8 Å². The number of anilines is 1. The van der Waals surface area contributed by atoms with Gasteiger partial charge in [-0.1, -0.05) is 17.3 Å². The zero-order valence-electron chi connectivity index (χ0n) is 11.4. The molecule has 0 aliphatic carbocycles. The molecule has 96 valence electrons. The molecule has 0 spiro atoms. The molecular formula is C15H20N2O. The van der Waals surface area contributed by atoms with Crippen LogP contribution in [-0.2, 0) is 0 Å². The van der Waals surface area contributed by atoms with Gasteiger partial charge < -0.3 is 10.1 Å². The number of fused-ring (bicyclic) bond motifs is 1. The molecule has 1 heterocycles. The van der Waals surface area contributed by atoms with Crippen LogP contribution in [0.3, 0.4) is 0 Å². The summed E-state index contributed by atoms with van der Waals surface area (Å²) < 4.78 is 0. The van der Waals surface area contributed by atoms with Gasteiger partial charge in [-0.3, -0.25) is 0 Å². The molecular weight excluding hydrogens is 224 g/mol. The molecule has 0 radical (unpaired) electrons. The highest BCUT2D eigenvalue weighted by Crippen LogP contribution is 2.38. The third-order valence-electron chi connectivity index (χ3n) is 3.52. The summed E-state index contributed by atoms with van der Waals surface area (Å²) in [6.07, 6.45) is 3.75. The van der Waals surface area contributed by atoms with E-state index in [2.05, 4.69) is 56.0 Å². The summed E-state index contributed by atoms with van der Waals surface area (Å²) in [6, 6.07) is 6.16. The van der Waals surface area contributed by atoms with Gasteiger partial charge in [0, 0.05) is 17.8 Å². The lowest BCUT2D eigenvalue weighted by Gasteiger charge is -2.42. The van der Waals surface area contributed by atoms with Gasteiger partial charge in [0.2, 0.25) is 0 Å². The SMILES string of the molecule is CCN1c2ccc(/C=N\O)cc2C(C)=CC1(C)C. The lowest BCUT2D eigenvalue weighted by Crippen LogP contribution is -2.44. The zero-order chi connectivity index (χ0) is 13.3. The molecule has 1 N–H and O–H groups in total. The molecule has 2 rings (SSSR count). The highest BCUT2D eigenvalue weighted by atomic mass is 16.4. The van der Waals surface area contributed by atoms with Crippen molar-refractivity contribution in [3.05, 3.63) is 35.4 Å². The van der Waals surface area contributed by atoms with E-state index in [-0.39, 0.29) is 5.54 Å². The molecule has 0 atom stereocenters. The van der Waals surface area contributed by atoms with Gasteiger partial charge in [0.15, 0.2) is 0 Å². The smallest absolute Gasteiger partial charge is 0.0734 e. The molecule has 3 heteroatoms. The van der Waals surface area contributed by atoms with Gasteiger partial charge in [0.1, 0.15) is 0 Å². The van der Waals surface area contributed by atoms with Gasteiger partial charge >= 0.3 is 0 Å². The number of hydrogen-bond acceptors (Lipinski definition) is 3. The Hall–Kier alpha value is -1.77. The van der Waals surface area contributed by atoms with Crippen molar-refractivity contribution in [1.82, 2.24) is 0 Å². The number of likely N-dealkylation sites (N-methyl/N-ethyl adjacent to an activating group) is 1. The standard InChI is InChI=1S/C15H20N2O/c1-5-17-14-7-6-12(10-16-18)8-13(14)11(2)9-15(17,3)4/h6-10,18H,5H2,1-4H3/b16-10-. The van der Waals surface area contributed by atoms with Crippen molar-refractivity contribution in [3.63, 3.8) is 0 Å². The van der Waals surface area contributed by atoms with Crippen molar-refractivity contribution in [2.75, 3.05) is 11.4 Å². The molecule has 1 aromatic carbocycles. The van der Waals surface area contributed by atoms with Crippen LogP contribution in [0.5, 0.6) is 0 Å². The number of nitrogens with zero attached hydrogens (tertiary/aromatic N) is 2. The van der Waals surface area contributed by atoms with E-state index in [1.54, 1.807) is 0 Å². The number of oxime groups is 1. The van der Waals surface area contributed by atoms with Crippen LogP contribution in [0.1, 0.15) is 38.8 Å². The fourth-order valence-corrected chi connectivity index (χ4v) is 2.83. The minimum atomic E-state index is 0.0401. The molecule has 3 nitrogen and oxygen atoms in total. The first-order valence-corrected chi connectivity index (χ1v) is 6.28. The molecule has 1 aliphatic rings. The van der Waals surface area contributed by atoms with Gasteiger partial charge in [-0.2, -0.15) is 0 Å². The van der Waals surface area contributed by atoms with E-state index in [0.29, 0.717) is 0 Å². The molecule has 0 bridgehead atoms. The number of allylic oxidation sites excluding steroid dienone is 1. The molecule has 0 unspecified atom stereocenters. The summed E-state index contributed by atoms with van der Waals surface area (Å²) in [5, 5.41) is 11.7. The van der Waals surface area contributed by atoms with E-state index in [9.17, 15) is 0 Å². The molecule has 18 heavy (non-hydrogen) atoms. The van der Waals surface area contributed by atoms with Crippen molar-refractivity contribution in [2.24, 2.45) is 5.16 Å². The van der Waals surface area contributed by atoms with Crippen molar-refractivity contribution in [3.8, 4) is 0 Å². The Morgan fingerprint density at radius 1 is 1.39 bits per heavy atom. The van der Waals surface area contributed by atoms with E-state index in [4.69, 9.17) is 5.21 Å². The monoisotopic (exact) mass is 244 g/mol. The van der Waals surface area contributed by atoms with Gasteiger partial charge in [-0.05, 0) is 51.0 Å². The van der Waals surface area contributed by atoms with E-state index in [0.717, 1.165) is 12.1 Å². The van der Waals surface area contributed by atoms with Crippen LogP contribution >= 0.6 is 0 Å². The maximum absolute atomic E-state index is 8.62. The van der Waals surface area contributed by atoms with Gasteiger partial charge in [-0.15, -0.1) is 0 Å². The fraction of sp³-hybridized carbons (Fsp3) is 0.400. The quantitative estimate of drug-likeness (QED) is 0.491. The van der Waals surface area contributed by atoms with E-state index < -0.39 is 0 Å². The van der Waals surface area contributed by atoms with Crippen LogP contribution in [0.15, 0.2) is 29.4 Å². The largest absolute Gasteiger partial charge is 0.411 e. The second-order valence-corrected chi connectivity index (χ2v) is 5.25. The summed E-state index contributed by atoms with van der Waals surface area (Å²) in [4.78, 5) is 2.38. The maximum atomic E-state index is 8.62. The first kappa shape index (κ1) is 12.7. The number of rotatable bonds is 2. The highest BCUT2D eigenvalue weighted by molar-refractivity contribution is 5.87. The fourth-order valence-electron chi connectivity index (χ4n) is 2.83. The highest BCUT2D eigenvalue weighted by Gasteiger charge is 2.29. The molecule has 1 aliphatic heterocycles. The lowest BCUT2D eigenvalue weighted by atomic mass is 9.88. The molecule has 0 fully saturated rings. The zero-order valence-corrected chi connectivity index (χ0v) is 11.4. The second-order valence-electron chi connectivity index (χ2n) is 5.25. The topological polar surface area (TPSA) is 35.8 Å². The third-order valence-corrected chi connectivity index (χ3v) is 3.52. The Morgan fingerprint density at radius 2 is 2.11 bits per heavy atom. The summed E-state index contributed by atoms with van der Waals surface area (Å²) in [5.41, 5.74) is 4.69. The Balaban J connectivity index is 2.58. The van der Waals surface area contributed by atoms with E-state index >= 15 is 0 Å². The van der Waals surface area contributed by atoms with E-state index in [1.807, 2.05) is 6.07 Å². The molecule has 0 aromatic heterocycles. The molecule has 0 amide bonds. The third kappa shape index (κ3) is 2.01.